The molecule has 1 aliphatic heterocycles. The molecule has 0 aliphatic carbocycles. The zero-order valence-corrected chi connectivity index (χ0v) is 21.2. The molecule has 2 amide bonds. The smallest absolute Gasteiger partial charge is 0.494 e. The van der Waals surface area contributed by atoms with Crippen molar-refractivity contribution < 1.29 is 50.6 Å². The monoisotopic (exact) mass is 560 g/mol. The fourth-order valence-electron chi connectivity index (χ4n) is 3.97. The van der Waals surface area contributed by atoms with E-state index in [9.17, 15) is 31.2 Å². The third-order valence-corrected chi connectivity index (χ3v) is 8.50. The van der Waals surface area contributed by atoms with Gasteiger partial charge in [0.2, 0.25) is 5.91 Å². The molecule has 0 spiro atoms. The van der Waals surface area contributed by atoms with Gasteiger partial charge in [-0.1, -0.05) is 0 Å². The Hall–Kier alpha value is -3.36. The number of halogens is 3. The zero-order chi connectivity index (χ0) is 28.0. The van der Waals surface area contributed by atoms with Crippen LogP contribution in [0.5, 0.6) is 11.5 Å². The first-order valence-corrected chi connectivity index (χ1v) is 13.0. The zero-order valence-electron chi connectivity index (χ0n) is 20.3. The summed E-state index contributed by atoms with van der Waals surface area (Å²) in [4.78, 5) is 24.4. The summed E-state index contributed by atoms with van der Waals surface area (Å²) < 4.78 is 76.2. The van der Waals surface area contributed by atoms with Gasteiger partial charge in [-0.05, 0) is 74.2 Å². The molecular weight excluding hydrogens is 533 g/mol. The summed E-state index contributed by atoms with van der Waals surface area (Å²) in [6.45, 7) is 1.77. The Labute approximate surface area is 216 Å². The third kappa shape index (κ3) is 6.94. The number of hydrogen-bond donors (Lipinski definition) is 3. The number of sulfone groups is 1. The summed E-state index contributed by atoms with van der Waals surface area (Å²) in [5, 5.41) is 11.7. The average molecular weight is 561 g/mol. The van der Waals surface area contributed by atoms with Crippen LogP contribution in [0.1, 0.15) is 31.2 Å². The minimum absolute atomic E-state index is 0.0543. The van der Waals surface area contributed by atoms with Crippen molar-refractivity contribution in [2.75, 3.05) is 25.1 Å². The second-order valence-corrected chi connectivity index (χ2v) is 10.8. The van der Waals surface area contributed by atoms with Crippen LogP contribution in [0.25, 0.3) is 0 Å². The van der Waals surface area contributed by atoms with Crippen molar-refractivity contribution in [2.24, 2.45) is 0 Å². The Kier molecular flexibility index (Phi) is 9.22. The van der Waals surface area contributed by atoms with Crippen molar-refractivity contribution in [3.8, 4) is 11.5 Å². The number of alkyl halides is 3. The minimum Gasteiger partial charge on any atom is -0.494 e. The van der Waals surface area contributed by atoms with Gasteiger partial charge in [0.1, 0.15) is 11.5 Å². The third-order valence-electron chi connectivity index (χ3n) is 5.99. The van der Waals surface area contributed by atoms with Crippen LogP contribution in [0.4, 0.5) is 18.9 Å². The van der Waals surface area contributed by atoms with E-state index in [1.165, 1.54) is 42.7 Å². The SMILES string of the molecule is Cc1cc(OC(F)(F)F)ccc1NC(=O)CCCOc1ccc(S(=O)(=O)C2(C(=O)NO)CCOCC2)cc1. The van der Waals surface area contributed by atoms with Gasteiger partial charge in [-0.25, -0.2) is 13.9 Å². The molecule has 38 heavy (non-hydrogen) atoms. The van der Waals surface area contributed by atoms with Crippen LogP contribution in [-0.4, -0.2) is 56.4 Å². The lowest BCUT2D eigenvalue weighted by molar-refractivity contribution is -0.274. The van der Waals surface area contributed by atoms with E-state index in [0.717, 1.165) is 12.1 Å². The number of aryl methyl sites for hydroxylation is 1. The summed E-state index contributed by atoms with van der Waals surface area (Å²) >= 11 is 0. The van der Waals surface area contributed by atoms with Crippen LogP contribution in [0.15, 0.2) is 47.4 Å². The summed E-state index contributed by atoms with van der Waals surface area (Å²) in [5.41, 5.74) is 2.20. The van der Waals surface area contributed by atoms with Gasteiger partial charge in [-0.3, -0.25) is 14.8 Å². The summed E-state index contributed by atoms with van der Waals surface area (Å²) in [6, 6.07) is 9.02. The van der Waals surface area contributed by atoms with Crippen LogP contribution in [0, 0.1) is 6.92 Å². The van der Waals surface area contributed by atoms with E-state index in [2.05, 4.69) is 10.1 Å². The predicted octanol–water partition coefficient (Wildman–Crippen LogP) is 3.52. The number of ether oxygens (including phenoxy) is 3. The van der Waals surface area contributed by atoms with Crippen molar-refractivity contribution in [1.29, 1.82) is 0 Å². The Morgan fingerprint density at radius 1 is 1.08 bits per heavy atom. The molecule has 2 aromatic carbocycles. The van der Waals surface area contributed by atoms with Crippen molar-refractivity contribution in [3.05, 3.63) is 48.0 Å². The first-order chi connectivity index (χ1) is 17.9. The van der Waals surface area contributed by atoms with Gasteiger partial charge in [-0.2, -0.15) is 0 Å². The summed E-state index contributed by atoms with van der Waals surface area (Å²) in [6.07, 6.45) is -4.65. The lowest BCUT2D eigenvalue weighted by atomic mass is 9.98. The van der Waals surface area contributed by atoms with Gasteiger partial charge >= 0.3 is 6.36 Å². The lowest BCUT2D eigenvalue weighted by Gasteiger charge is -2.34. The molecule has 1 saturated heterocycles. The summed E-state index contributed by atoms with van der Waals surface area (Å²) in [7, 11) is -4.16. The Balaban J connectivity index is 1.52. The van der Waals surface area contributed by atoms with E-state index in [4.69, 9.17) is 14.7 Å². The second-order valence-electron chi connectivity index (χ2n) is 8.55. The maximum Gasteiger partial charge on any atom is 0.573 e. The van der Waals surface area contributed by atoms with Gasteiger partial charge < -0.3 is 19.5 Å². The Bertz CT molecular complexity index is 1240. The quantitative estimate of drug-likeness (QED) is 0.228. The highest BCUT2D eigenvalue weighted by Crippen LogP contribution is 2.36. The number of carbonyl (C=O) groups excluding carboxylic acids is 2. The number of anilines is 1. The molecule has 0 atom stereocenters. The molecule has 3 rings (SSSR count). The van der Waals surface area contributed by atoms with Crippen LogP contribution in [0.3, 0.4) is 0 Å². The standard InChI is InChI=1S/C24H27F3N2O8S/c1-16-15-18(37-24(25,26)27)6-9-20(16)28-21(30)3-2-12-36-17-4-7-19(8-5-17)38(33,34)23(22(31)29-32)10-13-35-14-11-23/h4-9,15,32H,2-3,10-14H2,1H3,(H,28,30)(H,29,31). The number of amides is 2. The molecule has 2 aromatic rings. The maximum atomic E-state index is 13.2. The highest BCUT2D eigenvalue weighted by molar-refractivity contribution is 7.93. The molecule has 14 heteroatoms. The van der Waals surface area contributed by atoms with E-state index in [1.807, 2.05) is 0 Å². The molecule has 1 aliphatic rings. The molecule has 208 valence electrons. The molecule has 0 aromatic heterocycles. The maximum absolute atomic E-state index is 13.2. The highest BCUT2D eigenvalue weighted by Gasteiger charge is 2.52. The number of carbonyl (C=O) groups is 2. The fraction of sp³-hybridized carbons (Fsp3) is 0.417. The highest BCUT2D eigenvalue weighted by atomic mass is 32.2. The predicted molar refractivity (Wildman–Crippen MR) is 128 cm³/mol. The van der Waals surface area contributed by atoms with Crippen LogP contribution in [-0.2, 0) is 24.2 Å². The number of rotatable bonds is 10. The van der Waals surface area contributed by atoms with Gasteiger partial charge in [0, 0.05) is 25.3 Å². The number of hydrogen-bond acceptors (Lipinski definition) is 8. The second kappa shape index (κ2) is 12.0. The Morgan fingerprint density at radius 2 is 1.71 bits per heavy atom. The number of hydroxylamine groups is 1. The number of nitrogens with one attached hydrogen (secondary N) is 2. The number of benzene rings is 2. The fourth-order valence-corrected chi connectivity index (χ4v) is 5.91. The van der Waals surface area contributed by atoms with Crippen LogP contribution in [0.2, 0.25) is 0 Å². The van der Waals surface area contributed by atoms with Gasteiger partial charge in [0.05, 0.1) is 11.5 Å². The average Bonchev–Trinajstić information content (AvgIpc) is 2.87. The van der Waals surface area contributed by atoms with Crippen molar-refractivity contribution in [2.45, 2.75) is 48.6 Å². The summed E-state index contributed by atoms with van der Waals surface area (Å²) in [5.74, 6) is -1.43. The van der Waals surface area contributed by atoms with E-state index < -0.39 is 26.9 Å². The molecule has 1 heterocycles. The van der Waals surface area contributed by atoms with E-state index >= 15 is 0 Å². The lowest BCUT2D eigenvalue weighted by Crippen LogP contribution is -2.54. The molecular formula is C24H27F3N2O8S. The minimum atomic E-state index is -4.81. The molecule has 1 fully saturated rings. The molecule has 10 nitrogen and oxygen atoms in total. The van der Waals surface area contributed by atoms with Crippen molar-refractivity contribution in [3.63, 3.8) is 0 Å². The topological polar surface area (TPSA) is 140 Å². The first kappa shape index (κ1) is 29.2. The first-order valence-electron chi connectivity index (χ1n) is 11.5. The molecule has 0 radical (unpaired) electrons. The van der Waals surface area contributed by atoms with Gasteiger partial charge in [0.15, 0.2) is 14.6 Å². The molecule has 0 saturated carbocycles. The van der Waals surface area contributed by atoms with Crippen molar-refractivity contribution >= 4 is 27.3 Å². The molecule has 3 N–H and O–H groups in total. The normalized spacial score (nSPS) is 15.4. The van der Waals surface area contributed by atoms with Crippen molar-refractivity contribution in [1.82, 2.24) is 5.48 Å². The largest absolute Gasteiger partial charge is 0.573 e. The van der Waals surface area contributed by atoms with Crippen LogP contribution < -0.4 is 20.3 Å². The van der Waals surface area contributed by atoms with Gasteiger partial charge in [-0.15, -0.1) is 13.2 Å². The van der Waals surface area contributed by atoms with E-state index in [0.29, 0.717) is 23.4 Å². The van der Waals surface area contributed by atoms with Gasteiger partial charge in [0.25, 0.3) is 5.91 Å². The molecule has 0 unspecified atom stereocenters. The van der Waals surface area contributed by atoms with E-state index in [-0.39, 0.29) is 55.6 Å². The Morgan fingerprint density at radius 3 is 2.29 bits per heavy atom. The molecule has 0 bridgehead atoms. The van der Waals surface area contributed by atoms with E-state index in [1.54, 1.807) is 0 Å². The van der Waals surface area contributed by atoms with Crippen LogP contribution >= 0.6 is 0 Å².